The van der Waals surface area contributed by atoms with Crippen LogP contribution in [0.4, 0.5) is 15.8 Å². The number of hydrogen-bond donors (Lipinski definition) is 1. The fourth-order valence-electron chi connectivity index (χ4n) is 2.01. The summed E-state index contributed by atoms with van der Waals surface area (Å²) in [4.78, 5) is 10.1. The van der Waals surface area contributed by atoms with Crippen molar-refractivity contribution in [1.29, 1.82) is 0 Å². The summed E-state index contributed by atoms with van der Waals surface area (Å²) in [7, 11) is 1.60. The van der Waals surface area contributed by atoms with Crippen LogP contribution in [0, 0.1) is 15.9 Å². The number of para-hydroxylation sites is 1. The van der Waals surface area contributed by atoms with E-state index in [1.54, 1.807) is 7.11 Å². The lowest BCUT2D eigenvalue weighted by atomic mass is 10.1. The van der Waals surface area contributed by atoms with E-state index in [0.717, 1.165) is 17.3 Å². The lowest BCUT2D eigenvalue weighted by Crippen LogP contribution is -2.04. The molecule has 5 nitrogen and oxygen atoms in total. The molecule has 0 radical (unpaired) electrons. The molecule has 2 aromatic rings. The van der Waals surface area contributed by atoms with E-state index in [2.05, 4.69) is 5.32 Å². The van der Waals surface area contributed by atoms with E-state index >= 15 is 0 Å². The highest BCUT2D eigenvalue weighted by Crippen LogP contribution is 2.20. The molecule has 6 heteroatoms. The smallest absolute Gasteiger partial charge is 0.272 e. The zero-order valence-corrected chi connectivity index (χ0v) is 11.5. The number of rotatable bonds is 6. The highest BCUT2D eigenvalue weighted by atomic mass is 19.1. The van der Waals surface area contributed by atoms with Crippen molar-refractivity contribution >= 4 is 11.4 Å². The van der Waals surface area contributed by atoms with Gasteiger partial charge in [0.1, 0.15) is 5.82 Å². The van der Waals surface area contributed by atoms with Crippen molar-refractivity contribution in [3.63, 3.8) is 0 Å². The molecule has 0 spiro atoms. The summed E-state index contributed by atoms with van der Waals surface area (Å²) in [5, 5.41) is 13.9. The van der Waals surface area contributed by atoms with E-state index in [-0.39, 0.29) is 5.69 Å². The Balaban J connectivity index is 2.15. The molecule has 2 rings (SSSR count). The molecular weight excluding hydrogens is 275 g/mol. The quantitative estimate of drug-likeness (QED) is 0.653. The summed E-state index contributed by atoms with van der Waals surface area (Å²) in [5.74, 6) is -0.619. The maximum Gasteiger partial charge on any atom is 0.272 e. The third-order valence-corrected chi connectivity index (χ3v) is 2.95. The Kier molecular flexibility index (Phi) is 4.84. The molecule has 0 fully saturated rings. The Morgan fingerprint density at radius 1 is 1.29 bits per heavy atom. The predicted molar refractivity (Wildman–Crippen MR) is 77.5 cm³/mol. The summed E-state index contributed by atoms with van der Waals surface area (Å²) in [6.07, 6.45) is 0. The summed E-state index contributed by atoms with van der Waals surface area (Å²) in [6.45, 7) is 0.742. The second kappa shape index (κ2) is 6.81. The molecule has 0 amide bonds. The van der Waals surface area contributed by atoms with Gasteiger partial charge in [0.15, 0.2) is 0 Å². The van der Waals surface area contributed by atoms with Gasteiger partial charge in [-0.15, -0.1) is 0 Å². The number of ether oxygens (including phenoxy) is 1. The number of nitrogens with one attached hydrogen (secondary N) is 1. The number of anilines is 1. The van der Waals surface area contributed by atoms with E-state index in [9.17, 15) is 14.5 Å². The topological polar surface area (TPSA) is 64.4 Å². The van der Waals surface area contributed by atoms with Crippen LogP contribution in [0.25, 0.3) is 0 Å². The van der Waals surface area contributed by atoms with Crippen molar-refractivity contribution in [2.24, 2.45) is 0 Å². The van der Waals surface area contributed by atoms with Crippen LogP contribution in [0.2, 0.25) is 0 Å². The second-order valence-corrected chi connectivity index (χ2v) is 4.52. The van der Waals surface area contributed by atoms with Gasteiger partial charge in [-0.3, -0.25) is 10.1 Å². The Hall–Kier alpha value is -2.47. The molecule has 0 aliphatic carbocycles. The molecule has 0 aromatic heterocycles. The molecule has 0 atom stereocenters. The van der Waals surface area contributed by atoms with E-state index in [1.165, 1.54) is 12.1 Å². The lowest BCUT2D eigenvalue weighted by Gasteiger charge is -2.11. The first-order chi connectivity index (χ1) is 10.1. The van der Waals surface area contributed by atoms with E-state index < -0.39 is 10.7 Å². The van der Waals surface area contributed by atoms with Gasteiger partial charge in [0, 0.05) is 31.0 Å². The van der Waals surface area contributed by atoms with E-state index in [0.29, 0.717) is 18.7 Å². The monoisotopic (exact) mass is 290 g/mol. The van der Waals surface area contributed by atoms with Gasteiger partial charge in [0.05, 0.1) is 17.6 Å². The van der Waals surface area contributed by atoms with E-state index in [4.69, 9.17) is 4.74 Å². The zero-order valence-electron chi connectivity index (χ0n) is 11.5. The fourth-order valence-corrected chi connectivity index (χ4v) is 2.01. The van der Waals surface area contributed by atoms with Gasteiger partial charge in [0.25, 0.3) is 5.69 Å². The van der Waals surface area contributed by atoms with Crippen molar-refractivity contribution < 1.29 is 14.1 Å². The van der Waals surface area contributed by atoms with Crippen molar-refractivity contribution in [2.45, 2.75) is 13.2 Å². The standard InChI is InChI=1S/C15H15FN2O3/c1-21-10-12-4-2-3-5-15(12)17-9-11-6-13(16)8-14(7-11)18(19)20/h2-8,17H,9-10H2,1H3. The molecule has 21 heavy (non-hydrogen) atoms. The van der Waals surface area contributed by atoms with Crippen molar-refractivity contribution in [3.05, 3.63) is 69.5 Å². The lowest BCUT2D eigenvalue weighted by molar-refractivity contribution is -0.385. The number of nitro groups is 1. The molecule has 0 heterocycles. The average Bonchev–Trinajstić information content (AvgIpc) is 2.46. The largest absolute Gasteiger partial charge is 0.381 e. The highest BCUT2D eigenvalue weighted by Gasteiger charge is 2.10. The molecule has 0 saturated heterocycles. The SMILES string of the molecule is COCc1ccccc1NCc1cc(F)cc([N+](=O)[O-])c1. The number of benzene rings is 2. The van der Waals surface area contributed by atoms with Gasteiger partial charge >= 0.3 is 0 Å². The highest BCUT2D eigenvalue weighted by molar-refractivity contribution is 5.51. The summed E-state index contributed by atoms with van der Waals surface area (Å²) >= 11 is 0. The van der Waals surface area contributed by atoms with Gasteiger partial charge in [-0.25, -0.2) is 4.39 Å². The first-order valence-corrected chi connectivity index (χ1v) is 6.34. The maximum atomic E-state index is 13.4. The third kappa shape index (κ3) is 4.00. The molecule has 0 bridgehead atoms. The Labute approximate surface area is 121 Å². The molecule has 0 unspecified atom stereocenters. The number of halogens is 1. The number of hydrogen-bond acceptors (Lipinski definition) is 4. The van der Waals surface area contributed by atoms with Crippen LogP contribution in [0.1, 0.15) is 11.1 Å². The zero-order chi connectivity index (χ0) is 15.2. The molecule has 1 N–H and O–H groups in total. The average molecular weight is 290 g/mol. The van der Waals surface area contributed by atoms with Gasteiger partial charge in [-0.1, -0.05) is 18.2 Å². The van der Waals surface area contributed by atoms with Crippen molar-refractivity contribution in [1.82, 2.24) is 0 Å². The van der Waals surface area contributed by atoms with Gasteiger partial charge in [-0.05, 0) is 17.7 Å². The third-order valence-electron chi connectivity index (χ3n) is 2.95. The Morgan fingerprint density at radius 2 is 2.05 bits per heavy atom. The fraction of sp³-hybridized carbons (Fsp3) is 0.200. The molecule has 110 valence electrons. The first-order valence-electron chi connectivity index (χ1n) is 6.34. The number of methoxy groups -OCH3 is 1. The number of nitro benzene ring substituents is 1. The number of nitrogens with zero attached hydrogens (tertiary/aromatic N) is 1. The van der Waals surface area contributed by atoms with Crippen LogP contribution < -0.4 is 5.32 Å². The summed E-state index contributed by atoms with van der Waals surface area (Å²) < 4.78 is 18.5. The van der Waals surface area contributed by atoms with Gasteiger partial charge < -0.3 is 10.1 Å². The van der Waals surface area contributed by atoms with Gasteiger partial charge in [0.2, 0.25) is 0 Å². The minimum atomic E-state index is -0.619. The van der Waals surface area contributed by atoms with Crippen LogP contribution in [0.5, 0.6) is 0 Å². The van der Waals surface area contributed by atoms with E-state index in [1.807, 2.05) is 24.3 Å². The predicted octanol–water partition coefficient (Wildman–Crippen LogP) is 3.49. The van der Waals surface area contributed by atoms with Crippen LogP contribution in [0.15, 0.2) is 42.5 Å². The summed E-state index contributed by atoms with van der Waals surface area (Å²) in [5.41, 5.74) is 2.07. The molecule has 0 saturated carbocycles. The maximum absolute atomic E-state index is 13.4. The molecule has 0 aliphatic heterocycles. The Morgan fingerprint density at radius 3 is 2.76 bits per heavy atom. The number of non-ortho nitro benzene ring substituents is 1. The minimum Gasteiger partial charge on any atom is -0.381 e. The molecule has 2 aromatic carbocycles. The first kappa shape index (κ1) is 14.9. The van der Waals surface area contributed by atoms with Gasteiger partial charge in [-0.2, -0.15) is 0 Å². The van der Waals surface area contributed by atoms with Crippen LogP contribution in [0.3, 0.4) is 0 Å². The normalized spacial score (nSPS) is 10.4. The minimum absolute atomic E-state index is 0.253. The molecule has 0 aliphatic rings. The van der Waals surface area contributed by atoms with Crippen LogP contribution in [-0.2, 0) is 17.9 Å². The van der Waals surface area contributed by atoms with Crippen LogP contribution >= 0.6 is 0 Å². The molecular formula is C15H15FN2O3. The van der Waals surface area contributed by atoms with Crippen molar-refractivity contribution in [2.75, 3.05) is 12.4 Å². The Bertz CT molecular complexity index is 647. The van der Waals surface area contributed by atoms with Crippen LogP contribution in [-0.4, -0.2) is 12.0 Å². The second-order valence-electron chi connectivity index (χ2n) is 4.52. The van der Waals surface area contributed by atoms with Crippen molar-refractivity contribution in [3.8, 4) is 0 Å². The summed E-state index contributed by atoms with van der Waals surface area (Å²) in [6, 6.07) is 11.1.